The molecule has 1 amide bonds. The van der Waals surface area contributed by atoms with Crippen molar-refractivity contribution in [2.45, 2.75) is 26.8 Å². The van der Waals surface area contributed by atoms with Crippen molar-refractivity contribution < 1.29 is 9.72 Å². The molecule has 0 aliphatic carbocycles. The highest BCUT2D eigenvalue weighted by Crippen LogP contribution is 2.22. The van der Waals surface area contributed by atoms with Crippen LogP contribution in [0.15, 0.2) is 11.4 Å². The van der Waals surface area contributed by atoms with Crippen LogP contribution in [-0.2, 0) is 11.3 Å². The number of thiophene rings is 1. The molecule has 7 heteroatoms. The summed E-state index contributed by atoms with van der Waals surface area (Å²) in [6, 6.07) is 1.55. The summed E-state index contributed by atoms with van der Waals surface area (Å²) >= 11 is 1.11. The van der Waals surface area contributed by atoms with Gasteiger partial charge in [-0.05, 0) is 11.5 Å². The normalized spacial score (nSPS) is 10.7. The van der Waals surface area contributed by atoms with Crippen LogP contribution in [0.3, 0.4) is 0 Å². The third-order valence-electron chi connectivity index (χ3n) is 2.39. The molecule has 0 saturated carbocycles. The number of nitrogens with one attached hydrogen (secondary N) is 2. The summed E-state index contributed by atoms with van der Waals surface area (Å²) in [6.45, 7) is 5.88. The Morgan fingerprint density at radius 2 is 2.26 bits per heavy atom. The summed E-state index contributed by atoms with van der Waals surface area (Å²) < 4.78 is 0. The number of rotatable bonds is 8. The maximum absolute atomic E-state index is 11.4. The third kappa shape index (κ3) is 6.30. The lowest BCUT2D eigenvalue weighted by Gasteiger charge is -2.07. The van der Waals surface area contributed by atoms with Crippen LogP contribution in [0, 0.1) is 16.0 Å². The SMILES string of the molecule is CC(C)CNC(=O)CCNCc1csc([N+](=O)[O-])c1. The van der Waals surface area contributed by atoms with E-state index >= 15 is 0 Å². The molecule has 0 aromatic carbocycles. The van der Waals surface area contributed by atoms with Crippen molar-refractivity contribution in [2.24, 2.45) is 5.92 Å². The second-order valence-corrected chi connectivity index (χ2v) is 5.56. The molecule has 19 heavy (non-hydrogen) atoms. The maximum atomic E-state index is 11.4. The Morgan fingerprint density at radius 1 is 1.53 bits per heavy atom. The molecule has 0 fully saturated rings. The summed E-state index contributed by atoms with van der Waals surface area (Å²) in [5, 5.41) is 18.3. The molecule has 1 aromatic rings. The van der Waals surface area contributed by atoms with Crippen LogP contribution in [0.2, 0.25) is 0 Å². The topological polar surface area (TPSA) is 84.3 Å². The second kappa shape index (κ2) is 7.85. The van der Waals surface area contributed by atoms with Gasteiger partial charge in [-0.2, -0.15) is 0 Å². The minimum atomic E-state index is -0.395. The molecular weight excluding hydrogens is 266 g/mol. The summed E-state index contributed by atoms with van der Waals surface area (Å²) in [5.74, 6) is 0.473. The third-order valence-corrected chi connectivity index (χ3v) is 3.31. The first-order chi connectivity index (χ1) is 8.99. The fraction of sp³-hybridized carbons (Fsp3) is 0.583. The lowest BCUT2D eigenvalue weighted by Crippen LogP contribution is -2.30. The molecule has 0 atom stereocenters. The van der Waals surface area contributed by atoms with Gasteiger partial charge in [-0.1, -0.05) is 25.2 Å². The predicted molar refractivity (Wildman–Crippen MR) is 75.1 cm³/mol. The van der Waals surface area contributed by atoms with Crippen molar-refractivity contribution in [1.29, 1.82) is 0 Å². The number of carbonyl (C=O) groups excluding carboxylic acids is 1. The zero-order valence-electron chi connectivity index (χ0n) is 11.1. The molecule has 0 bridgehead atoms. The van der Waals surface area contributed by atoms with Gasteiger partial charge in [0.2, 0.25) is 5.91 Å². The van der Waals surface area contributed by atoms with E-state index in [-0.39, 0.29) is 10.9 Å². The molecule has 0 spiro atoms. The van der Waals surface area contributed by atoms with Crippen molar-refractivity contribution in [3.8, 4) is 0 Å². The number of nitro groups is 1. The second-order valence-electron chi connectivity index (χ2n) is 4.68. The van der Waals surface area contributed by atoms with Crippen LogP contribution in [0.4, 0.5) is 5.00 Å². The Labute approximate surface area is 116 Å². The molecule has 0 aliphatic heterocycles. The van der Waals surface area contributed by atoms with E-state index in [1.54, 1.807) is 11.4 Å². The first-order valence-corrected chi connectivity index (χ1v) is 7.06. The number of amides is 1. The van der Waals surface area contributed by atoms with Gasteiger partial charge >= 0.3 is 5.00 Å². The van der Waals surface area contributed by atoms with Gasteiger partial charge in [-0.25, -0.2) is 0 Å². The van der Waals surface area contributed by atoms with E-state index in [4.69, 9.17) is 0 Å². The molecular formula is C12H19N3O3S. The smallest absolute Gasteiger partial charge is 0.324 e. The highest BCUT2D eigenvalue weighted by atomic mass is 32.1. The van der Waals surface area contributed by atoms with Crippen LogP contribution >= 0.6 is 11.3 Å². The number of nitrogens with zero attached hydrogens (tertiary/aromatic N) is 1. The Bertz CT molecular complexity index is 432. The van der Waals surface area contributed by atoms with Crippen LogP contribution in [-0.4, -0.2) is 23.9 Å². The average Bonchev–Trinajstić information content (AvgIpc) is 2.81. The Balaban J connectivity index is 2.16. The van der Waals surface area contributed by atoms with E-state index in [2.05, 4.69) is 10.6 Å². The predicted octanol–water partition coefficient (Wildman–Crippen LogP) is 1.91. The molecule has 106 valence electrons. The lowest BCUT2D eigenvalue weighted by atomic mass is 10.2. The van der Waals surface area contributed by atoms with Gasteiger partial charge < -0.3 is 10.6 Å². The van der Waals surface area contributed by atoms with Gasteiger partial charge in [0.15, 0.2) is 0 Å². The Kier molecular flexibility index (Phi) is 6.44. The van der Waals surface area contributed by atoms with Gasteiger partial charge in [-0.3, -0.25) is 14.9 Å². The molecule has 0 unspecified atom stereocenters. The van der Waals surface area contributed by atoms with Crippen LogP contribution < -0.4 is 10.6 Å². The van der Waals surface area contributed by atoms with Crippen molar-refractivity contribution >= 4 is 22.2 Å². The van der Waals surface area contributed by atoms with Crippen LogP contribution in [0.1, 0.15) is 25.8 Å². The van der Waals surface area contributed by atoms with E-state index in [9.17, 15) is 14.9 Å². The summed E-state index contributed by atoms with van der Waals surface area (Å²) in [7, 11) is 0. The number of hydrogen-bond acceptors (Lipinski definition) is 5. The minimum absolute atomic E-state index is 0.0255. The van der Waals surface area contributed by atoms with Gasteiger partial charge in [0.1, 0.15) is 0 Å². The first kappa shape index (κ1) is 15.6. The Morgan fingerprint density at radius 3 is 2.84 bits per heavy atom. The fourth-order valence-electron chi connectivity index (χ4n) is 1.39. The largest absolute Gasteiger partial charge is 0.356 e. The van der Waals surface area contributed by atoms with Gasteiger partial charge in [0.05, 0.1) is 4.92 Å². The Hall–Kier alpha value is -1.47. The fourth-order valence-corrected chi connectivity index (χ4v) is 2.12. The highest BCUT2D eigenvalue weighted by molar-refractivity contribution is 7.13. The van der Waals surface area contributed by atoms with Crippen LogP contribution in [0.25, 0.3) is 0 Å². The number of hydrogen-bond donors (Lipinski definition) is 2. The zero-order valence-corrected chi connectivity index (χ0v) is 12.0. The van der Waals surface area contributed by atoms with Gasteiger partial charge in [0, 0.05) is 37.5 Å². The van der Waals surface area contributed by atoms with Crippen molar-refractivity contribution in [3.63, 3.8) is 0 Å². The quantitative estimate of drug-likeness (QED) is 0.434. The summed E-state index contributed by atoms with van der Waals surface area (Å²) in [5.41, 5.74) is 0.874. The van der Waals surface area contributed by atoms with Crippen molar-refractivity contribution in [1.82, 2.24) is 10.6 Å². The van der Waals surface area contributed by atoms with E-state index in [0.29, 0.717) is 32.0 Å². The molecule has 1 rings (SSSR count). The van der Waals surface area contributed by atoms with E-state index < -0.39 is 4.92 Å². The first-order valence-electron chi connectivity index (χ1n) is 6.18. The molecule has 0 saturated heterocycles. The van der Waals surface area contributed by atoms with Crippen LogP contribution in [0.5, 0.6) is 0 Å². The molecule has 2 N–H and O–H groups in total. The highest BCUT2D eigenvalue weighted by Gasteiger charge is 2.09. The number of carbonyl (C=O) groups is 1. The standard InChI is InChI=1S/C12H19N3O3S/c1-9(2)6-14-11(16)3-4-13-7-10-5-12(15(17)18)19-8-10/h5,8-9,13H,3-4,6-7H2,1-2H3,(H,14,16). The minimum Gasteiger partial charge on any atom is -0.356 e. The average molecular weight is 285 g/mol. The molecule has 1 heterocycles. The summed E-state index contributed by atoms with van der Waals surface area (Å²) in [6.07, 6.45) is 0.416. The van der Waals surface area contributed by atoms with Gasteiger partial charge in [-0.15, -0.1) is 0 Å². The lowest BCUT2D eigenvalue weighted by molar-refractivity contribution is -0.380. The maximum Gasteiger partial charge on any atom is 0.324 e. The van der Waals surface area contributed by atoms with Crippen molar-refractivity contribution in [3.05, 3.63) is 27.1 Å². The monoisotopic (exact) mass is 285 g/mol. The molecule has 1 aromatic heterocycles. The summed E-state index contributed by atoms with van der Waals surface area (Å²) in [4.78, 5) is 21.5. The van der Waals surface area contributed by atoms with E-state index in [1.165, 1.54) is 0 Å². The zero-order chi connectivity index (χ0) is 14.3. The molecule has 6 nitrogen and oxygen atoms in total. The molecule has 0 aliphatic rings. The van der Waals surface area contributed by atoms with E-state index in [1.807, 2.05) is 13.8 Å². The van der Waals surface area contributed by atoms with Gasteiger partial charge in [0.25, 0.3) is 0 Å². The molecule has 0 radical (unpaired) electrons. The van der Waals surface area contributed by atoms with Crippen molar-refractivity contribution in [2.75, 3.05) is 13.1 Å². The van der Waals surface area contributed by atoms with E-state index in [0.717, 1.165) is 16.9 Å².